The Morgan fingerprint density at radius 3 is 2.55 bits per heavy atom. The van der Waals surface area contributed by atoms with E-state index in [1.807, 2.05) is 37.3 Å². The number of hydrazone groups is 1. The van der Waals surface area contributed by atoms with Gasteiger partial charge < -0.3 is 9.47 Å². The Hall–Kier alpha value is -3.02. The fourth-order valence-electron chi connectivity index (χ4n) is 2.64. The zero-order chi connectivity index (χ0) is 22.1. The summed E-state index contributed by atoms with van der Waals surface area (Å²) < 4.78 is 11.3. The van der Waals surface area contributed by atoms with Crippen LogP contribution < -0.4 is 14.9 Å². The van der Waals surface area contributed by atoms with Gasteiger partial charge >= 0.3 is 0 Å². The molecule has 7 heteroatoms. The smallest absolute Gasteiger partial charge is 0.271 e. The van der Waals surface area contributed by atoms with E-state index < -0.39 is 0 Å². The number of amides is 1. The van der Waals surface area contributed by atoms with Crippen LogP contribution in [0.3, 0.4) is 0 Å². The lowest BCUT2D eigenvalue weighted by atomic mass is 10.2. The molecule has 0 saturated heterocycles. The number of ether oxygens (including phenoxy) is 2. The predicted octanol–water partition coefficient (Wildman–Crippen LogP) is 6.13. The summed E-state index contributed by atoms with van der Waals surface area (Å²) in [7, 11) is 0. The number of carbonyl (C=O) groups is 1. The number of rotatable bonds is 9. The molecule has 0 aliphatic carbocycles. The van der Waals surface area contributed by atoms with Gasteiger partial charge in [0, 0.05) is 21.2 Å². The van der Waals surface area contributed by atoms with Crippen LogP contribution in [0.2, 0.25) is 10.0 Å². The second-order valence-corrected chi connectivity index (χ2v) is 7.51. The molecule has 1 amide bonds. The minimum atomic E-state index is -0.303. The molecule has 3 rings (SSSR count). The third-order valence-electron chi connectivity index (χ3n) is 4.24. The molecular weight excluding hydrogens is 435 g/mol. The first-order valence-corrected chi connectivity index (χ1v) is 10.5. The number of nitrogens with zero attached hydrogens (tertiary/aromatic N) is 1. The molecule has 0 unspecified atom stereocenters. The van der Waals surface area contributed by atoms with Crippen molar-refractivity contribution in [3.05, 3.63) is 93.5 Å². The molecule has 0 fully saturated rings. The van der Waals surface area contributed by atoms with Gasteiger partial charge in [-0.2, -0.15) is 5.10 Å². The molecule has 0 atom stereocenters. The van der Waals surface area contributed by atoms with Crippen LogP contribution in [0.25, 0.3) is 0 Å². The van der Waals surface area contributed by atoms with Crippen molar-refractivity contribution in [2.75, 3.05) is 6.61 Å². The second kappa shape index (κ2) is 11.4. The van der Waals surface area contributed by atoms with E-state index in [1.54, 1.807) is 42.6 Å². The van der Waals surface area contributed by atoms with Crippen LogP contribution in [-0.2, 0) is 6.61 Å². The van der Waals surface area contributed by atoms with E-state index in [9.17, 15) is 4.79 Å². The molecule has 0 aliphatic heterocycles. The monoisotopic (exact) mass is 456 g/mol. The molecule has 0 spiro atoms. The Bertz CT molecular complexity index is 1050. The summed E-state index contributed by atoms with van der Waals surface area (Å²) >= 11 is 12.1. The van der Waals surface area contributed by atoms with E-state index in [2.05, 4.69) is 10.5 Å². The van der Waals surface area contributed by atoms with Crippen molar-refractivity contribution < 1.29 is 14.3 Å². The summed E-state index contributed by atoms with van der Waals surface area (Å²) in [5, 5.41) is 5.16. The molecule has 0 heterocycles. The van der Waals surface area contributed by atoms with Gasteiger partial charge in [0.25, 0.3) is 5.91 Å². The van der Waals surface area contributed by atoms with E-state index >= 15 is 0 Å². The quantitative estimate of drug-likeness (QED) is 0.311. The molecule has 3 aromatic rings. The first-order valence-electron chi connectivity index (χ1n) is 9.78. The van der Waals surface area contributed by atoms with Crippen molar-refractivity contribution in [2.45, 2.75) is 20.0 Å². The van der Waals surface area contributed by atoms with Crippen LogP contribution in [0.15, 0.2) is 71.8 Å². The van der Waals surface area contributed by atoms with Crippen LogP contribution in [0.1, 0.15) is 34.8 Å². The van der Waals surface area contributed by atoms with Crippen LogP contribution in [-0.4, -0.2) is 18.7 Å². The van der Waals surface area contributed by atoms with Crippen molar-refractivity contribution in [3.8, 4) is 11.5 Å². The van der Waals surface area contributed by atoms with E-state index in [-0.39, 0.29) is 5.91 Å². The van der Waals surface area contributed by atoms with Gasteiger partial charge in [0.05, 0.1) is 12.8 Å². The lowest BCUT2D eigenvalue weighted by molar-refractivity contribution is 0.0955. The lowest BCUT2D eigenvalue weighted by Gasteiger charge is -2.08. The number of hydrogen-bond acceptors (Lipinski definition) is 4. The summed E-state index contributed by atoms with van der Waals surface area (Å²) in [4.78, 5) is 12.2. The van der Waals surface area contributed by atoms with Gasteiger partial charge in [0.1, 0.15) is 18.1 Å². The zero-order valence-electron chi connectivity index (χ0n) is 17.0. The standard InChI is InChI=1S/C24H22Cl2N2O3/c1-2-12-30-21-10-7-18(8-11-21)24(29)28-27-15-17-4-3-5-22(13-17)31-16-19-6-9-20(25)14-23(19)26/h3-11,13-15H,2,12,16H2,1H3,(H,28,29)/b27-15-. The summed E-state index contributed by atoms with van der Waals surface area (Å²) in [6.45, 7) is 2.99. The number of halogens is 2. The highest BCUT2D eigenvalue weighted by molar-refractivity contribution is 6.35. The molecule has 3 aromatic carbocycles. The van der Waals surface area contributed by atoms with E-state index in [1.165, 1.54) is 0 Å². The molecule has 5 nitrogen and oxygen atoms in total. The molecule has 160 valence electrons. The van der Waals surface area contributed by atoms with Gasteiger partial charge in [-0.15, -0.1) is 0 Å². The largest absolute Gasteiger partial charge is 0.494 e. The van der Waals surface area contributed by atoms with Crippen molar-refractivity contribution in [3.63, 3.8) is 0 Å². The van der Waals surface area contributed by atoms with Gasteiger partial charge in [-0.25, -0.2) is 5.43 Å². The molecular formula is C24H22Cl2N2O3. The van der Waals surface area contributed by atoms with Gasteiger partial charge in [0.15, 0.2) is 0 Å². The molecule has 0 aromatic heterocycles. The Morgan fingerprint density at radius 2 is 1.81 bits per heavy atom. The van der Waals surface area contributed by atoms with E-state index in [4.69, 9.17) is 32.7 Å². The molecule has 31 heavy (non-hydrogen) atoms. The van der Waals surface area contributed by atoms with Crippen molar-refractivity contribution in [1.29, 1.82) is 0 Å². The van der Waals surface area contributed by atoms with Gasteiger partial charge in [0.2, 0.25) is 0 Å². The molecule has 0 aliphatic rings. The van der Waals surface area contributed by atoms with Crippen LogP contribution in [0.5, 0.6) is 11.5 Å². The van der Waals surface area contributed by atoms with Gasteiger partial charge in [-0.1, -0.05) is 48.3 Å². The zero-order valence-corrected chi connectivity index (χ0v) is 18.5. The second-order valence-electron chi connectivity index (χ2n) is 6.67. The Balaban J connectivity index is 1.54. The minimum absolute atomic E-state index is 0.303. The topological polar surface area (TPSA) is 59.9 Å². The lowest BCUT2D eigenvalue weighted by Crippen LogP contribution is -2.17. The third kappa shape index (κ3) is 7.02. The maximum atomic E-state index is 12.2. The van der Waals surface area contributed by atoms with Gasteiger partial charge in [-0.05, 0) is 60.5 Å². The first-order chi connectivity index (χ1) is 15.0. The van der Waals surface area contributed by atoms with Crippen molar-refractivity contribution in [2.24, 2.45) is 5.10 Å². The summed E-state index contributed by atoms with van der Waals surface area (Å²) in [5.74, 6) is 1.09. The third-order valence-corrected chi connectivity index (χ3v) is 4.82. The van der Waals surface area contributed by atoms with Crippen LogP contribution >= 0.6 is 23.2 Å². The molecule has 0 radical (unpaired) electrons. The first kappa shape index (κ1) is 22.7. The molecule has 0 saturated carbocycles. The number of carbonyl (C=O) groups excluding carboxylic acids is 1. The van der Waals surface area contributed by atoms with Crippen LogP contribution in [0.4, 0.5) is 0 Å². The van der Waals surface area contributed by atoms with Crippen molar-refractivity contribution >= 4 is 35.3 Å². The van der Waals surface area contributed by atoms with E-state index in [0.717, 1.165) is 23.3 Å². The SMILES string of the molecule is CCCOc1ccc(C(=O)N/N=C\c2cccc(OCc3ccc(Cl)cc3Cl)c2)cc1. The predicted molar refractivity (Wildman–Crippen MR) is 125 cm³/mol. The highest BCUT2D eigenvalue weighted by Gasteiger charge is 2.05. The highest BCUT2D eigenvalue weighted by Crippen LogP contribution is 2.23. The fourth-order valence-corrected chi connectivity index (χ4v) is 3.10. The minimum Gasteiger partial charge on any atom is -0.494 e. The number of benzene rings is 3. The van der Waals surface area contributed by atoms with Gasteiger partial charge in [-0.3, -0.25) is 4.79 Å². The Kier molecular flexibility index (Phi) is 8.33. The maximum absolute atomic E-state index is 12.2. The summed E-state index contributed by atoms with van der Waals surface area (Å²) in [6, 6.07) is 19.6. The fraction of sp³-hybridized carbons (Fsp3) is 0.167. The average molecular weight is 457 g/mol. The maximum Gasteiger partial charge on any atom is 0.271 e. The summed E-state index contributed by atoms with van der Waals surface area (Å²) in [6.07, 6.45) is 2.48. The van der Waals surface area contributed by atoms with Crippen LogP contribution in [0, 0.1) is 0 Å². The normalized spacial score (nSPS) is 10.8. The highest BCUT2D eigenvalue weighted by atomic mass is 35.5. The average Bonchev–Trinajstić information content (AvgIpc) is 2.77. The number of hydrogen-bond donors (Lipinski definition) is 1. The molecule has 0 bridgehead atoms. The van der Waals surface area contributed by atoms with Crippen molar-refractivity contribution in [1.82, 2.24) is 5.43 Å². The summed E-state index contributed by atoms with van der Waals surface area (Å²) in [5.41, 5.74) is 4.63. The molecule has 1 N–H and O–H groups in total. The Morgan fingerprint density at radius 1 is 1.00 bits per heavy atom. The van der Waals surface area contributed by atoms with E-state index in [0.29, 0.717) is 34.6 Å². The Labute approximate surface area is 191 Å². The number of nitrogens with one attached hydrogen (secondary N) is 1.